The van der Waals surface area contributed by atoms with Gasteiger partial charge in [-0.15, -0.1) is 0 Å². The standard InChI is InChI=1S/C23H27NP.C11H18N.Fe/c1-18(2)24(19(3)4)22-16-11-17-23(22)25(20-12-7-5-8-13-20)21-14-9-6-10-15-21;1-9(2)12(10(3)4)11-7-5-6-8-11;/h5-19H,1-4H3;5-10H,1-4H3;/q-5;-1;. The van der Waals surface area contributed by atoms with Crippen molar-refractivity contribution < 1.29 is 17.1 Å². The maximum atomic E-state index is 2.54. The van der Waals surface area contributed by atoms with Gasteiger partial charge in [0.2, 0.25) is 0 Å². The fraction of sp³-hybridized carbons (Fsp3) is 0.353. The van der Waals surface area contributed by atoms with Crippen LogP contribution in [0.1, 0.15) is 55.4 Å². The van der Waals surface area contributed by atoms with Gasteiger partial charge in [0.1, 0.15) is 0 Å². The molecule has 210 valence electrons. The Morgan fingerprint density at radius 3 is 1.39 bits per heavy atom. The smallest absolute Gasteiger partial charge is 0.0120 e. The minimum atomic E-state index is -0.553. The van der Waals surface area contributed by atoms with E-state index in [0.717, 1.165) is 0 Å². The predicted molar refractivity (Wildman–Crippen MR) is 168 cm³/mol. The van der Waals surface area contributed by atoms with Gasteiger partial charge in [0.25, 0.3) is 0 Å². The van der Waals surface area contributed by atoms with Crippen LogP contribution >= 0.6 is 7.92 Å². The van der Waals surface area contributed by atoms with E-state index in [1.807, 2.05) is 0 Å². The summed E-state index contributed by atoms with van der Waals surface area (Å²) in [7, 11) is -0.553. The maximum absolute atomic E-state index is 2.54. The van der Waals surface area contributed by atoms with Crippen molar-refractivity contribution in [1.29, 1.82) is 0 Å². The summed E-state index contributed by atoms with van der Waals surface area (Å²) in [5, 5.41) is 4.27. The summed E-state index contributed by atoms with van der Waals surface area (Å²) in [5.74, 6) is 0. The molecule has 0 aliphatic rings. The molecule has 0 saturated heterocycles. The Labute approximate surface area is 244 Å². The summed E-state index contributed by atoms with van der Waals surface area (Å²) in [5.41, 5.74) is 2.71. The van der Waals surface area contributed by atoms with Crippen LogP contribution in [0, 0.1) is 0 Å². The third-order valence-electron chi connectivity index (χ3n) is 6.49. The summed E-state index contributed by atoms with van der Waals surface area (Å²) < 4.78 is 0. The second kappa shape index (κ2) is 15.3. The van der Waals surface area contributed by atoms with Crippen LogP contribution < -0.4 is 25.7 Å². The fourth-order valence-corrected chi connectivity index (χ4v) is 7.72. The molecule has 38 heavy (non-hydrogen) atoms. The van der Waals surface area contributed by atoms with E-state index in [-0.39, 0.29) is 17.1 Å². The second-order valence-electron chi connectivity index (χ2n) is 10.6. The Bertz CT molecular complexity index is 1090. The largest absolute Gasteiger partial charge is 0.746 e. The zero-order valence-electron chi connectivity index (χ0n) is 24.3. The van der Waals surface area contributed by atoms with Gasteiger partial charge in [-0.1, -0.05) is 77.0 Å². The monoisotopic (exact) mass is 568 g/mol. The van der Waals surface area contributed by atoms with E-state index in [1.165, 1.54) is 27.3 Å². The molecule has 0 fully saturated rings. The number of benzene rings is 2. The number of hydrogen-bond acceptors (Lipinski definition) is 2. The predicted octanol–water partition coefficient (Wildman–Crippen LogP) is 7.81. The molecule has 0 aliphatic heterocycles. The summed E-state index contributed by atoms with van der Waals surface area (Å²) in [6.07, 6.45) is 0. The normalized spacial score (nSPS) is 11.1. The molecule has 0 saturated carbocycles. The minimum Gasteiger partial charge on any atom is -0.746 e. The van der Waals surface area contributed by atoms with E-state index < -0.39 is 7.92 Å². The summed E-state index contributed by atoms with van der Waals surface area (Å²) in [6, 6.07) is 39.3. The number of hydrogen-bond donors (Lipinski definition) is 0. The molecule has 4 rings (SSSR count). The summed E-state index contributed by atoms with van der Waals surface area (Å²) >= 11 is 0. The van der Waals surface area contributed by atoms with Gasteiger partial charge >= 0.3 is 0 Å². The van der Waals surface area contributed by atoms with Gasteiger partial charge in [0.05, 0.1) is 0 Å². The number of anilines is 2. The van der Waals surface area contributed by atoms with Crippen LogP contribution in [-0.2, 0) is 17.1 Å². The molecule has 0 atom stereocenters. The maximum Gasteiger partial charge on any atom is 0.0120 e. The molecule has 0 aliphatic carbocycles. The first-order valence-electron chi connectivity index (χ1n) is 13.7. The Morgan fingerprint density at radius 1 is 0.579 bits per heavy atom. The van der Waals surface area contributed by atoms with Crippen molar-refractivity contribution in [3.05, 3.63) is 103 Å². The first-order chi connectivity index (χ1) is 17.7. The van der Waals surface area contributed by atoms with Crippen molar-refractivity contribution in [3.8, 4) is 0 Å². The van der Waals surface area contributed by atoms with Gasteiger partial charge in [0.15, 0.2) is 0 Å². The number of nitrogens with zero attached hydrogens (tertiary/aromatic N) is 2. The first kappa shape index (κ1) is 31.9. The van der Waals surface area contributed by atoms with Crippen LogP contribution in [0.2, 0.25) is 0 Å². The molecular formula is C34H45FeN2P-6. The van der Waals surface area contributed by atoms with Crippen molar-refractivity contribution in [2.75, 3.05) is 9.80 Å². The molecule has 0 spiro atoms. The van der Waals surface area contributed by atoms with Gasteiger partial charge in [-0.3, -0.25) is 0 Å². The average Bonchev–Trinajstić information content (AvgIpc) is 3.54. The van der Waals surface area contributed by atoms with E-state index in [1.54, 1.807) is 0 Å². The first-order valence-corrected chi connectivity index (χ1v) is 15.0. The van der Waals surface area contributed by atoms with Gasteiger partial charge in [-0.2, -0.15) is 12.1 Å². The Hall–Kier alpha value is -2.31. The molecule has 0 aromatic heterocycles. The molecule has 4 aromatic rings. The number of rotatable bonds is 9. The van der Waals surface area contributed by atoms with Crippen LogP contribution in [-0.4, -0.2) is 24.2 Å². The van der Waals surface area contributed by atoms with Crippen LogP contribution in [0.5, 0.6) is 0 Å². The third-order valence-corrected chi connectivity index (χ3v) is 8.98. The summed E-state index contributed by atoms with van der Waals surface area (Å²) in [6.45, 7) is 18.0. The zero-order chi connectivity index (χ0) is 26.9. The molecule has 4 heteroatoms. The fourth-order valence-electron chi connectivity index (χ4n) is 5.27. The van der Waals surface area contributed by atoms with Crippen molar-refractivity contribution in [1.82, 2.24) is 0 Å². The average molecular weight is 569 g/mol. The van der Waals surface area contributed by atoms with Crippen molar-refractivity contribution >= 4 is 35.2 Å². The van der Waals surface area contributed by atoms with Gasteiger partial charge in [0, 0.05) is 29.2 Å². The van der Waals surface area contributed by atoms with E-state index in [9.17, 15) is 0 Å². The molecule has 0 radical (unpaired) electrons. The van der Waals surface area contributed by atoms with Gasteiger partial charge in [-0.25, -0.2) is 20.1 Å². The topological polar surface area (TPSA) is 6.48 Å². The SMILES string of the molecule is CC(C)N([c-]1[cH-][cH-][cH-][c-]1P(c1ccccc1)c1ccccc1)C(C)C.CC(C)N([c-]1cccc1)C(C)C.[Fe]. The molecule has 0 unspecified atom stereocenters. The van der Waals surface area contributed by atoms with Crippen LogP contribution in [0.3, 0.4) is 0 Å². The van der Waals surface area contributed by atoms with Crippen LogP contribution in [0.25, 0.3) is 0 Å². The van der Waals surface area contributed by atoms with Gasteiger partial charge < -0.3 is 39.0 Å². The molecule has 2 nitrogen and oxygen atoms in total. The molecule has 0 bridgehead atoms. The Kier molecular flexibility index (Phi) is 12.9. The zero-order valence-corrected chi connectivity index (χ0v) is 26.3. The molecule has 0 heterocycles. The van der Waals surface area contributed by atoms with Crippen molar-refractivity contribution in [3.63, 3.8) is 0 Å². The van der Waals surface area contributed by atoms with E-state index in [4.69, 9.17) is 0 Å². The van der Waals surface area contributed by atoms with Gasteiger partial charge in [-0.05, 0) is 67.5 Å². The molecular weight excluding hydrogens is 523 g/mol. The molecule has 0 amide bonds. The van der Waals surface area contributed by atoms with E-state index in [2.05, 4.69) is 168 Å². The Morgan fingerprint density at radius 2 is 1.00 bits per heavy atom. The molecule has 0 N–H and O–H groups in total. The van der Waals surface area contributed by atoms with E-state index in [0.29, 0.717) is 24.2 Å². The van der Waals surface area contributed by atoms with Crippen LogP contribution in [0.4, 0.5) is 11.4 Å². The molecule has 4 aromatic carbocycles. The quantitative estimate of drug-likeness (QED) is 0.115. The van der Waals surface area contributed by atoms with Crippen molar-refractivity contribution in [2.45, 2.75) is 79.6 Å². The van der Waals surface area contributed by atoms with E-state index >= 15 is 0 Å². The minimum absolute atomic E-state index is 0. The summed E-state index contributed by atoms with van der Waals surface area (Å²) in [4.78, 5) is 4.95. The van der Waals surface area contributed by atoms with Crippen LogP contribution in [0.15, 0.2) is 103 Å². The van der Waals surface area contributed by atoms with Crippen molar-refractivity contribution in [2.24, 2.45) is 0 Å². The Balaban J connectivity index is 0.000000330. The third kappa shape index (κ3) is 8.09. The second-order valence-corrected chi connectivity index (χ2v) is 12.8.